The first kappa shape index (κ1) is 22.5. The Hall–Kier alpha value is -2.19. The van der Waals surface area contributed by atoms with Crippen molar-refractivity contribution in [2.45, 2.75) is 37.1 Å². The van der Waals surface area contributed by atoms with Crippen LogP contribution in [0.5, 0.6) is 0 Å². The van der Waals surface area contributed by atoms with Crippen LogP contribution in [0.15, 0.2) is 43.0 Å². The zero-order chi connectivity index (χ0) is 21.9. The monoisotopic (exact) mass is 433 g/mol. The summed E-state index contributed by atoms with van der Waals surface area (Å²) in [5.74, 6) is -0.0198. The van der Waals surface area contributed by atoms with Gasteiger partial charge in [0.05, 0.1) is 11.7 Å². The highest BCUT2D eigenvalue weighted by Gasteiger charge is 2.46. The molecule has 30 heavy (non-hydrogen) atoms. The van der Waals surface area contributed by atoms with Crippen LogP contribution in [0.4, 0.5) is 0 Å². The number of carbonyl (C=O) groups is 2. The van der Waals surface area contributed by atoms with Gasteiger partial charge in [-0.2, -0.15) is 0 Å². The van der Waals surface area contributed by atoms with Crippen LogP contribution < -0.4 is 0 Å². The molecule has 0 aliphatic carbocycles. The Morgan fingerprint density at radius 3 is 2.13 bits per heavy atom. The lowest BCUT2D eigenvalue weighted by atomic mass is 9.71. The van der Waals surface area contributed by atoms with E-state index >= 15 is 0 Å². The van der Waals surface area contributed by atoms with E-state index in [9.17, 15) is 18.0 Å². The van der Waals surface area contributed by atoms with Gasteiger partial charge in [-0.15, -0.1) is 0 Å². The van der Waals surface area contributed by atoms with Gasteiger partial charge in [0.1, 0.15) is 0 Å². The minimum Gasteiger partial charge on any atom is -0.342 e. The Balaban J connectivity index is 1.78. The summed E-state index contributed by atoms with van der Waals surface area (Å²) < 4.78 is 25.1. The fourth-order valence-electron chi connectivity index (χ4n) is 4.63. The van der Waals surface area contributed by atoms with E-state index in [1.807, 2.05) is 35.2 Å². The van der Waals surface area contributed by atoms with Gasteiger partial charge in [0.2, 0.25) is 21.8 Å². The molecule has 0 N–H and O–H groups in total. The zero-order valence-electron chi connectivity index (χ0n) is 17.8. The maximum absolute atomic E-state index is 13.8. The van der Waals surface area contributed by atoms with Crippen LogP contribution in [0.1, 0.15) is 31.2 Å². The van der Waals surface area contributed by atoms with Gasteiger partial charge >= 0.3 is 0 Å². The van der Waals surface area contributed by atoms with Crippen LogP contribution in [0.3, 0.4) is 0 Å². The summed E-state index contributed by atoms with van der Waals surface area (Å²) in [6.45, 7) is 5.66. The van der Waals surface area contributed by atoms with Gasteiger partial charge in [-0.25, -0.2) is 12.7 Å². The topological polar surface area (TPSA) is 78.0 Å². The number of nitrogens with zero attached hydrogens (tertiary/aromatic N) is 3. The number of amides is 2. The minimum absolute atomic E-state index is 0.0798. The standard InChI is InChI=1S/C22H31N3O4S/c1-4-20(26)24-16-12-22(13-17-24,18-8-6-5-7-9-18)21(27)25-14-10-19(11-15-25)23(2)30(3,28)29/h4-9,19H,1,10-17H2,2-3H3. The third kappa shape index (κ3) is 4.44. The Labute approximate surface area is 179 Å². The molecule has 2 fully saturated rings. The van der Waals surface area contributed by atoms with Gasteiger partial charge in [-0.3, -0.25) is 9.59 Å². The average Bonchev–Trinajstić information content (AvgIpc) is 2.77. The van der Waals surface area contributed by atoms with Gasteiger partial charge in [-0.1, -0.05) is 36.9 Å². The highest BCUT2D eigenvalue weighted by atomic mass is 32.2. The molecule has 3 rings (SSSR count). The van der Waals surface area contributed by atoms with Gasteiger partial charge in [0, 0.05) is 39.3 Å². The molecular formula is C22H31N3O4S. The lowest BCUT2D eigenvalue weighted by Crippen LogP contribution is -2.56. The number of hydrogen-bond acceptors (Lipinski definition) is 4. The van der Waals surface area contributed by atoms with Crippen molar-refractivity contribution in [1.29, 1.82) is 0 Å². The Kier molecular flexibility index (Phi) is 6.67. The fourth-order valence-corrected chi connectivity index (χ4v) is 5.38. The van der Waals surface area contributed by atoms with Gasteiger partial charge in [-0.05, 0) is 37.3 Å². The maximum atomic E-state index is 13.8. The van der Waals surface area contributed by atoms with E-state index in [0.717, 1.165) is 5.56 Å². The van der Waals surface area contributed by atoms with Crippen LogP contribution >= 0.6 is 0 Å². The molecule has 0 saturated carbocycles. The summed E-state index contributed by atoms with van der Waals surface area (Å²) in [5.41, 5.74) is 0.325. The van der Waals surface area contributed by atoms with Crippen molar-refractivity contribution >= 4 is 21.8 Å². The predicted molar refractivity (Wildman–Crippen MR) is 116 cm³/mol. The number of hydrogen-bond donors (Lipinski definition) is 0. The number of rotatable bonds is 5. The summed E-state index contributed by atoms with van der Waals surface area (Å²) in [6, 6.07) is 9.73. The van der Waals surface area contributed by atoms with Crippen molar-refractivity contribution in [3.8, 4) is 0 Å². The maximum Gasteiger partial charge on any atom is 0.245 e. The SMILES string of the molecule is C=CC(=O)N1CCC(C(=O)N2CCC(N(C)S(C)(=O)=O)CC2)(c2ccccc2)CC1. The van der Waals surface area contributed by atoms with E-state index in [2.05, 4.69) is 6.58 Å². The minimum atomic E-state index is -3.25. The van der Waals surface area contributed by atoms with E-state index < -0.39 is 15.4 Å². The average molecular weight is 434 g/mol. The largest absolute Gasteiger partial charge is 0.342 e. The molecule has 0 bridgehead atoms. The first-order chi connectivity index (χ1) is 14.2. The second kappa shape index (κ2) is 8.89. The number of carbonyl (C=O) groups excluding carboxylic acids is 2. The number of likely N-dealkylation sites (tertiary alicyclic amines) is 2. The van der Waals surface area contributed by atoms with Crippen LogP contribution in [0, 0.1) is 0 Å². The molecular weight excluding hydrogens is 402 g/mol. The normalized spacial score (nSPS) is 20.2. The molecule has 0 unspecified atom stereocenters. The first-order valence-electron chi connectivity index (χ1n) is 10.4. The zero-order valence-corrected chi connectivity index (χ0v) is 18.6. The summed E-state index contributed by atoms with van der Waals surface area (Å²) >= 11 is 0. The Bertz CT molecular complexity index is 884. The van der Waals surface area contributed by atoms with Crippen LogP contribution in [0.2, 0.25) is 0 Å². The molecule has 2 amide bonds. The number of benzene rings is 1. The Morgan fingerprint density at radius 2 is 1.63 bits per heavy atom. The third-order valence-electron chi connectivity index (χ3n) is 6.63. The lowest BCUT2D eigenvalue weighted by molar-refractivity contribution is -0.143. The molecule has 0 radical (unpaired) electrons. The third-order valence-corrected chi connectivity index (χ3v) is 7.97. The molecule has 7 nitrogen and oxygen atoms in total. The first-order valence-corrected chi connectivity index (χ1v) is 12.2. The molecule has 8 heteroatoms. The van der Waals surface area contributed by atoms with Gasteiger partial charge < -0.3 is 9.80 Å². The van der Waals surface area contributed by atoms with Gasteiger partial charge in [0.25, 0.3) is 0 Å². The second-order valence-corrected chi connectivity index (χ2v) is 10.3. The molecule has 1 aromatic carbocycles. The van der Waals surface area contributed by atoms with Crippen LogP contribution in [-0.2, 0) is 25.0 Å². The van der Waals surface area contributed by atoms with E-state index in [0.29, 0.717) is 51.9 Å². The van der Waals surface area contributed by atoms with Crippen molar-refractivity contribution in [2.75, 3.05) is 39.5 Å². The fraction of sp³-hybridized carbons (Fsp3) is 0.545. The highest BCUT2D eigenvalue weighted by molar-refractivity contribution is 7.88. The molecule has 2 aliphatic heterocycles. The summed E-state index contributed by atoms with van der Waals surface area (Å²) in [7, 11) is -1.64. The number of piperidine rings is 2. The van der Waals surface area contributed by atoms with E-state index in [1.54, 1.807) is 11.9 Å². The molecule has 0 atom stereocenters. The predicted octanol–water partition coefficient (Wildman–Crippen LogP) is 1.62. The smallest absolute Gasteiger partial charge is 0.245 e. The summed E-state index contributed by atoms with van der Waals surface area (Å²) in [5, 5.41) is 0. The van der Waals surface area contributed by atoms with Crippen molar-refractivity contribution in [1.82, 2.24) is 14.1 Å². The molecule has 0 aromatic heterocycles. The summed E-state index contributed by atoms with van der Waals surface area (Å²) in [6.07, 6.45) is 4.92. The van der Waals surface area contributed by atoms with Gasteiger partial charge in [0.15, 0.2) is 0 Å². The molecule has 1 aromatic rings. The van der Waals surface area contributed by atoms with Crippen molar-refractivity contribution in [3.05, 3.63) is 48.6 Å². The summed E-state index contributed by atoms with van der Waals surface area (Å²) in [4.78, 5) is 29.4. The quantitative estimate of drug-likeness (QED) is 0.661. The lowest BCUT2D eigenvalue weighted by Gasteiger charge is -2.45. The van der Waals surface area contributed by atoms with E-state index in [-0.39, 0.29) is 17.9 Å². The molecule has 2 heterocycles. The number of sulfonamides is 1. The molecule has 2 aliphatic rings. The van der Waals surface area contributed by atoms with Crippen LogP contribution in [0.25, 0.3) is 0 Å². The van der Waals surface area contributed by atoms with Crippen molar-refractivity contribution < 1.29 is 18.0 Å². The molecule has 164 valence electrons. The van der Waals surface area contributed by atoms with Crippen molar-refractivity contribution in [3.63, 3.8) is 0 Å². The van der Waals surface area contributed by atoms with E-state index in [4.69, 9.17) is 0 Å². The second-order valence-electron chi connectivity index (χ2n) is 8.28. The van der Waals surface area contributed by atoms with Crippen molar-refractivity contribution in [2.24, 2.45) is 0 Å². The molecule has 0 spiro atoms. The molecule has 2 saturated heterocycles. The van der Waals surface area contributed by atoms with Crippen LogP contribution in [-0.4, -0.2) is 79.9 Å². The highest BCUT2D eigenvalue weighted by Crippen LogP contribution is 2.38. The van der Waals surface area contributed by atoms with E-state index in [1.165, 1.54) is 16.6 Å². The Morgan fingerprint density at radius 1 is 1.07 bits per heavy atom.